The molecule has 0 fully saturated rings. The van der Waals surface area contributed by atoms with Crippen molar-refractivity contribution in [2.75, 3.05) is 0 Å². The van der Waals surface area contributed by atoms with Gasteiger partial charge in [0, 0.05) is 22.2 Å². The van der Waals surface area contributed by atoms with Crippen LogP contribution < -0.4 is 9.57 Å². The number of aryl methyl sites for hydroxylation is 1. The van der Waals surface area contributed by atoms with Crippen LogP contribution in [0.15, 0.2) is 76.7 Å². The van der Waals surface area contributed by atoms with Crippen molar-refractivity contribution in [3.63, 3.8) is 0 Å². The lowest BCUT2D eigenvalue weighted by Gasteiger charge is -2.08. The number of nitrogens with zero attached hydrogens (tertiary/aromatic N) is 2. The van der Waals surface area contributed by atoms with Crippen molar-refractivity contribution in [1.29, 1.82) is 0 Å². The molecule has 0 heterocycles. The molecule has 8 nitrogen and oxygen atoms in total. The van der Waals surface area contributed by atoms with Crippen molar-refractivity contribution < 1.29 is 18.1 Å². The summed E-state index contributed by atoms with van der Waals surface area (Å²) in [6, 6.07) is 17.9. The predicted octanol–water partition coefficient (Wildman–Crippen LogP) is 4.45. The highest BCUT2D eigenvalue weighted by molar-refractivity contribution is 7.89. The fraction of sp³-hybridized carbons (Fsp3) is 0.0952. The molecule has 0 atom stereocenters. The van der Waals surface area contributed by atoms with Crippen LogP contribution in [0.25, 0.3) is 0 Å². The van der Waals surface area contributed by atoms with Gasteiger partial charge >= 0.3 is 0 Å². The van der Waals surface area contributed by atoms with Crippen LogP contribution in [0.4, 0.5) is 5.69 Å². The van der Waals surface area contributed by atoms with Gasteiger partial charge in [0.15, 0.2) is 0 Å². The Morgan fingerprint density at radius 2 is 1.84 bits per heavy atom. The number of ether oxygens (including phenoxy) is 1. The minimum absolute atomic E-state index is 0.245. The zero-order valence-corrected chi connectivity index (χ0v) is 17.9. The van der Waals surface area contributed by atoms with Gasteiger partial charge in [0.05, 0.1) is 16.0 Å². The van der Waals surface area contributed by atoms with E-state index in [1.54, 1.807) is 30.3 Å². The molecule has 1 N–H and O–H groups in total. The Morgan fingerprint density at radius 3 is 2.52 bits per heavy atom. The normalized spacial score (nSPS) is 11.4. The maximum atomic E-state index is 12.3. The van der Waals surface area contributed by atoms with Gasteiger partial charge in [0.25, 0.3) is 15.7 Å². The van der Waals surface area contributed by atoms with E-state index in [1.165, 1.54) is 25.3 Å². The van der Waals surface area contributed by atoms with E-state index in [4.69, 9.17) is 16.3 Å². The second-order valence-corrected chi connectivity index (χ2v) is 8.58. The van der Waals surface area contributed by atoms with Crippen LogP contribution in [0.5, 0.6) is 5.75 Å². The molecule has 0 unspecified atom stereocenters. The molecule has 0 saturated carbocycles. The zero-order chi connectivity index (χ0) is 22.4. The SMILES string of the molecule is Cc1ccc(S(=O)(=O)N/N=C/c2ccc(OCc3ccccc3Cl)cc2)cc1[N+](=O)[O-]. The van der Waals surface area contributed by atoms with E-state index in [2.05, 4.69) is 9.93 Å². The van der Waals surface area contributed by atoms with Gasteiger partial charge < -0.3 is 4.74 Å². The third kappa shape index (κ3) is 5.80. The fourth-order valence-electron chi connectivity index (χ4n) is 2.60. The molecule has 3 rings (SSSR count). The first-order chi connectivity index (χ1) is 14.8. The molecular weight excluding hydrogens is 442 g/mol. The Balaban J connectivity index is 1.62. The molecule has 0 bridgehead atoms. The Labute approximate surface area is 184 Å². The number of rotatable bonds is 8. The number of hydrogen-bond donors (Lipinski definition) is 1. The molecule has 3 aromatic rings. The summed E-state index contributed by atoms with van der Waals surface area (Å²) >= 11 is 6.10. The van der Waals surface area contributed by atoms with Gasteiger partial charge in [-0.05, 0) is 48.9 Å². The average Bonchev–Trinajstić information content (AvgIpc) is 2.74. The number of nitro groups is 1. The number of halogens is 1. The number of nitro benzene ring substituents is 1. The molecule has 0 aliphatic carbocycles. The lowest BCUT2D eigenvalue weighted by molar-refractivity contribution is -0.385. The Morgan fingerprint density at radius 1 is 1.13 bits per heavy atom. The van der Waals surface area contributed by atoms with Crippen LogP contribution >= 0.6 is 11.6 Å². The fourth-order valence-corrected chi connectivity index (χ4v) is 3.60. The maximum Gasteiger partial charge on any atom is 0.276 e. The van der Waals surface area contributed by atoms with Crippen LogP contribution in [0.1, 0.15) is 16.7 Å². The summed E-state index contributed by atoms with van der Waals surface area (Å²) < 4.78 is 30.4. The minimum atomic E-state index is -4.04. The third-order valence-corrected chi connectivity index (χ3v) is 5.90. The molecule has 0 aliphatic heterocycles. The highest BCUT2D eigenvalue weighted by Gasteiger charge is 2.19. The van der Waals surface area contributed by atoms with Gasteiger partial charge in [-0.1, -0.05) is 35.9 Å². The Bertz CT molecular complexity index is 1230. The Kier molecular flexibility index (Phi) is 6.88. The lowest BCUT2D eigenvalue weighted by atomic mass is 10.2. The first-order valence-electron chi connectivity index (χ1n) is 9.02. The van der Waals surface area contributed by atoms with E-state index >= 15 is 0 Å². The predicted molar refractivity (Wildman–Crippen MR) is 118 cm³/mol. The average molecular weight is 460 g/mol. The number of hydrogen-bond acceptors (Lipinski definition) is 6. The topological polar surface area (TPSA) is 111 Å². The smallest absolute Gasteiger partial charge is 0.276 e. The van der Waals surface area contributed by atoms with Crippen molar-refractivity contribution in [2.24, 2.45) is 5.10 Å². The highest BCUT2D eigenvalue weighted by atomic mass is 35.5. The van der Waals surface area contributed by atoms with Crippen molar-refractivity contribution in [2.45, 2.75) is 18.4 Å². The molecule has 0 aromatic heterocycles. The highest BCUT2D eigenvalue weighted by Crippen LogP contribution is 2.22. The van der Waals surface area contributed by atoms with Crippen LogP contribution in [-0.4, -0.2) is 19.6 Å². The van der Waals surface area contributed by atoms with E-state index in [-0.39, 0.29) is 10.6 Å². The van der Waals surface area contributed by atoms with Gasteiger partial charge in [-0.3, -0.25) is 10.1 Å². The summed E-state index contributed by atoms with van der Waals surface area (Å²) in [5.41, 5.74) is 1.58. The van der Waals surface area contributed by atoms with Crippen LogP contribution in [0.3, 0.4) is 0 Å². The van der Waals surface area contributed by atoms with E-state index in [9.17, 15) is 18.5 Å². The quantitative estimate of drug-likeness (QED) is 0.304. The van der Waals surface area contributed by atoms with Gasteiger partial charge in [-0.15, -0.1) is 0 Å². The minimum Gasteiger partial charge on any atom is -0.489 e. The second kappa shape index (κ2) is 9.59. The molecule has 10 heteroatoms. The summed E-state index contributed by atoms with van der Waals surface area (Å²) in [6.07, 6.45) is 1.32. The van der Waals surface area contributed by atoms with Crippen molar-refractivity contribution in [1.82, 2.24) is 4.83 Å². The lowest BCUT2D eigenvalue weighted by Crippen LogP contribution is -2.18. The summed E-state index contributed by atoms with van der Waals surface area (Å²) in [5, 5.41) is 15.4. The summed E-state index contributed by atoms with van der Waals surface area (Å²) in [4.78, 5) is 12.2. The standard InChI is InChI=1S/C21H18ClN3O5S/c1-15-6-11-19(12-21(15)25(26)27)31(28,29)24-23-13-16-7-9-18(10-8-16)30-14-17-4-2-3-5-20(17)22/h2-13,24H,14H2,1H3/b23-13+. The number of benzene rings is 3. The Hall–Kier alpha value is -3.43. The van der Waals surface area contributed by atoms with Crippen molar-refractivity contribution in [3.8, 4) is 5.75 Å². The molecule has 0 amide bonds. The van der Waals surface area contributed by atoms with E-state index in [1.807, 2.05) is 18.2 Å². The van der Waals surface area contributed by atoms with Crippen molar-refractivity contribution in [3.05, 3.63) is 98.6 Å². The number of sulfonamides is 1. The van der Waals surface area contributed by atoms with Crippen LogP contribution in [0, 0.1) is 17.0 Å². The van der Waals surface area contributed by atoms with Crippen LogP contribution in [0.2, 0.25) is 5.02 Å². The molecule has 160 valence electrons. The molecular formula is C21H18ClN3O5S. The summed E-state index contributed by atoms with van der Waals surface area (Å²) in [7, 11) is -4.04. The molecule has 31 heavy (non-hydrogen) atoms. The number of nitrogens with one attached hydrogen (secondary N) is 1. The molecule has 0 saturated heterocycles. The van der Waals surface area contributed by atoms with Gasteiger partial charge in [-0.25, -0.2) is 4.83 Å². The second-order valence-electron chi connectivity index (χ2n) is 6.51. The van der Waals surface area contributed by atoms with E-state index < -0.39 is 14.9 Å². The summed E-state index contributed by atoms with van der Waals surface area (Å²) in [5.74, 6) is 0.615. The van der Waals surface area contributed by atoms with Gasteiger partial charge in [-0.2, -0.15) is 13.5 Å². The first-order valence-corrected chi connectivity index (χ1v) is 10.9. The first kappa shape index (κ1) is 22.3. The zero-order valence-electron chi connectivity index (χ0n) is 16.4. The van der Waals surface area contributed by atoms with Gasteiger partial charge in [0.2, 0.25) is 0 Å². The third-order valence-electron chi connectivity index (χ3n) is 4.31. The van der Waals surface area contributed by atoms with Gasteiger partial charge in [0.1, 0.15) is 12.4 Å². The monoisotopic (exact) mass is 459 g/mol. The molecule has 0 aliphatic rings. The number of hydrazone groups is 1. The van der Waals surface area contributed by atoms with Crippen molar-refractivity contribution >= 4 is 33.5 Å². The van der Waals surface area contributed by atoms with E-state index in [0.29, 0.717) is 28.5 Å². The largest absolute Gasteiger partial charge is 0.489 e. The molecule has 0 radical (unpaired) electrons. The molecule has 0 spiro atoms. The maximum absolute atomic E-state index is 12.3. The molecule has 3 aromatic carbocycles. The van der Waals surface area contributed by atoms with E-state index in [0.717, 1.165) is 11.6 Å². The van der Waals surface area contributed by atoms with Crippen LogP contribution in [-0.2, 0) is 16.6 Å². The summed E-state index contributed by atoms with van der Waals surface area (Å²) in [6.45, 7) is 1.84.